The second-order valence-corrected chi connectivity index (χ2v) is 6.37. The van der Waals surface area contributed by atoms with Crippen LogP contribution in [0.3, 0.4) is 0 Å². The summed E-state index contributed by atoms with van der Waals surface area (Å²) in [5.74, 6) is 1.17. The zero-order valence-electron chi connectivity index (χ0n) is 14.4. The van der Waals surface area contributed by atoms with Gasteiger partial charge in [0.1, 0.15) is 11.6 Å². The van der Waals surface area contributed by atoms with Crippen molar-refractivity contribution in [1.29, 1.82) is 0 Å². The number of rotatable bonds is 4. The van der Waals surface area contributed by atoms with Crippen LogP contribution in [-0.4, -0.2) is 38.7 Å². The Morgan fingerprint density at radius 1 is 1.23 bits per heavy atom. The SMILES string of the molecule is N/C=C\C=C(/N)N1Cc2nn(-c3ccc(N4CCCC4)nc3)cc2C1=O. The van der Waals surface area contributed by atoms with Crippen LogP contribution in [-0.2, 0) is 6.54 Å². The third-order valence-corrected chi connectivity index (χ3v) is 4.69. The molecule has 0 aromatic carbocycles. The van der Waals surface area contributed by atoms with Gasteiger partial charge in [-0.1, -0.05) is 0 Å². The van der Waals surface area contributed by atoms with Crippen molar-refractivity contribution in [3.63, 3.8) is 0 Å². The number of amides is 1. The number of nitrogens with two attached hydrogens (primary N) is 2. The minimum Gasteiger partial charge on any atom is -0.405 e. The van der Waals surface area contributed by atoms with Crippen molar-refractivity contribution < 1.29 is 4.79 Å². The van der Waals surface area contributed by atoms with Gasteiger partial charge in [0.05, 0.1) is 29.7 Å². The standard InChI is InChI=1S/C18H21N7O/c19-7-3-4-16(20)24-12-15-14(18(24)26)11-25(22-15)13-5-6-17(21-10-13)23-8-1-2-9-23/h3-7,10-11H,1-2,8-9,12,19-20H2/b7-3-,16-4+. The van der Waals surface area contributed by atoms with Gasteiger partial charge in [0, 0.05) is 19.3 Å². The Morgan fingerprint density at radius 2 is 2.04 bits per heavy atom. The molecule has 0 bridgehead atoms. The van der Waals surface area contributed by atoms with Gasteiger partial charge in [-0.3, -0.25) is 9.69 Å². The molecule has 2 aromatic heterocycles. The highest BCUT2D eigenvalue weighted by Crippen LogP contribution is 2.25. The molecule has 2 aliphatic rings. The first-order valence-electron chi connectivity index (χ1n) is 8.63. The van der Waals surface area contributed by atoms with E-state index in [1.165, 1.54) is 23.9 Å². The van der Waals surface area contributed by atoms with Crippen molar-refractivity contribution in [3.8, 4) is 5.69 Å². The highest BCUT2D eigenvalue weighted by molar-refractivity contribution is 5.98. The summed E-state index contributed by atoms with van der Waals surface area (Å²) in [4.78, 5) is 20.8. The molecule has 1 fully saturated rings. The van der Waals surface area contributed by atoms with Gasteiger partial charge in [-0.2, -0.15) is 5.10 Å². The molecule has 26 heavy (non-hydrogen) atoms. The van der Waals surface area contributed by atoms with Gasteiger partial charge in [0.25, 0.3) is 5.91 Å². The van der Waals surface area contributed by atoms with E-state index in [2.05, 4.69) is 15.0 Å². The van der Waals surface area contributed by atoms with Gasteiger partial charge >= 0.3 is 0 Å². The highest BCUT2D eigenvalue weighted by atomic mass is 16.2. The summed E-state index contributed by atoms with van der Waals surface area (Å²) < 4.78 is 1.69. The van der Waals surface area contributed by atoms with E-state index in [-0.39, 0.29) is 5.91 Å². The fraction of sp³-hybridized carbons (Fsp3) is 0.278. The van der Waals surface area contributed by atoms with E-state index < -0.39 is 0 Å². The molecule has 8 nitrogen and oxygen atoms in total. The molecule has 4 N–H and O–H groups in total. The lowest BCUT2D eigenvalue weighted by Crippen LogP contribution is -2.28. The predicted molar refractivity (Wildman–Crippen MR) is 98.3 cm³/mol. The zero-order chi connectivity index (χ0) is 18.1. The summed E-state index contributed by atoms with van der Waals surface area (Å²) >= 11 is 0. The minimum atomic E-state index is -0.160. The van der Waals surface area contributed by atoms with Gasteiger partial charge < -0.3 is 16.4 Å². The van der Waals surface area contributed by atoms with Crippen molar-refractivity contribution >= 4 is 11.7 Å². The molecule has 0 aliphatic carbocycles. The average molecular weight is 351 g/mol. The van der Waals surface area contributed by atoms with Crippen LogP contribution in [0, 0.1) is 0 Å². The van der Waals surface area contributed by atoms with Crippen LogP contribution in [0.15, 0.2) is 48.7 Å². The first-order valence-corrected chi connectivity index (χ1v) is 8.63. The number of allylic oxidation sites excluding steroid dienone is 2. The molecule has 0 saturated carbocycles. The lowest BCUT2D eigenvalue weighted by Gasteiger charge is -2.16. The average Bonchev–Trinajstić information content (AvgIpc) is 3.38. The molecule has 1 amide bonds. The van der Waals surface area contributed by atoms with Crippen LogP contribution in [0.4, 0.5) is 5.82 Å². The first kappa shape index (κ1) is 16.2. The van der Waals surface area contributed by atoms with E-state index in [9.17, 15) is 4.79 Å². The Labute approximate surface area is 151 Å². The van der Waals surface area contributed by atoms with Gasteiger partial charge in [0.15, 0.2) is 0 Å². The largest absolute Gasteiger partial charge is 0.405 e. The molecule has 0 spiro atoms. The van der Waals surface area contributed by atoms with E-state index in [0.29, 0.717) is 23.6 Å². The lowest BCUT2D eigenvalue weighted by atomic mass is 10.3. The minimum absolute atomic E-state index is 0.160. The molecule has 4 rings (SSSR count). The summed E-state index contributed by atoms with van der Waals surface area (Å²) in [7, 11) is 0. The van der Waals surface area contributed by atoms with Crippen molar-refractivity contribution in [2.75, 3.05) is 18.0 Å². The molecule has 0 atom stereocenters. The maximum atomic E-state index is 12.5. The number of nitrogens with zero attached hydrogens (tertiary/aromatic N) is 5. The molecule has 4 heterocycles. The van der Waals surface area contributed by atoms with Crippen molar-refractivity contribution in [2.45, 2.75) is 19.4 Å². The van der Waals surface area contributed by atoms with Gasteiger partial charge in [0.2, 0.25) is 0 Å². The molecule has 1 saturated heterocycles. The second kappa shape index (κ2) is 6.55. The van der Waals surface area contributed by atoms with Gasteiger partial charge in [-0.05, 0) is 43.3 Å². The number of hydrogen-bond donors (Lipinski definition) is 2. The van der Waals surface area contributed by atoms with Crippen LogP contribution >= 0.6 is 0 Å². The topological polar surface area (TPSA) is 106 Å². The van der Waals surface area contributed by atoms with Crippen LogP contribution < -0.4 is 16.4 Å². The lowest BCUT2D eigenvalue weighted by molar-refractivity contribution is 0.0823. The van der Waals surface area contributed by atoms with E-state index in [4.69, 9.17) is 11.5 Å². The first-order chi connectivity index (χ1) is 12.7. The third-order valence-electron chi connectivity index (χ3n) is 4.69. The second-order valence-electron chi connectivity index (χ2n) is 6.37. The normalized spacial score (nSPS) is 17.5. The molecule has 134 valence electrons. The Morgan fingerprint density at radius 3 is 2.69 bits per heavy atom. The van der Waals surface area contributed by atoms with Gasteiger partial charge in [-0.25, -0.2) is 9.67 Å². The van der Waals surface area contributed by atoms with Crippen molar-refractivity contribution in [2.24, 2.45) is 11.5 Å². The van der Waals surface area contributed by atoms with Crippen LogP contribution in [0.2, 0.25) is 0 Å². The molecule has 8 heteroatoms. The monoisotopic (exact) mass is 351 g/mol. The van der Waals surface area contributed by atoms with Gasteiger partial charge in [-0.15, -0.1) is 0 Å². The molecule has 0 unspecified atom stereocenters. The predicted octanol–water partition coefficient (Wildman–Crippen LogP) is 1.10. The molecule has 0 radical (unpaired) electrons. The molecule has 2 aromatic rings. The number of aromatic nitrogens is 3. The van der Waals surface area contributed by atoms with E-state index in [1.807, 2.05) is 12.1 Å². The van der Waals surface area contributed by atoms with Crippen LogP contribution in [0.1, 0.15) is 28.9 Å². The number of carbonyl (C=O) groups excluding carboxylic acids is 1. The summed E-state index contributed by atoms with van der Waals surface area (Å²) in [6.45, 7) is 2.46. The maximum Gasteiger partial charge on any atom is 0.263 e. The number of fused-ring (bicyclic) bond motifs is 1. The quantitative estimate of drug-likeness (QED) is 0.799. The Kier molecular flexibility index (Phi) is 4.08. The number of anilines is 1. The van der Waals surface area contributed by atoms with Crippen molar-refractivity contribution in [3.05, 3.63) is 60.0 Å². The van der Waals surface area contributed by atoms with Crippen LogP contribution in [0.5, 0.6) is 0 Å². The molecular weight excluding hydrogens is 330 g/mol. The van der Waals surface area contributed by atoms with E-state index in [1.54, 1.807) is 29.2 Å². The van der Waals surface area contributed by atoms with E-state index in [0.717, 1.165) is 24.6 Å². The third kappa shape index (κ3) is 2.79. The summed E-state index contributed by atoms with van der Waals surface area (Å²) in [6.07, 6.45) is 10.5. The number of carbonyl (C=O) groups is 1. The Hall–Kier alpha value is -3.29. The summed E-state index contributed by atoms with van der Waals surface area (Å²) in [6, 6.07) is 3.98. The Balaban J connectivity index is 1.54. The Bertz CT molecular complexity index is 875. The summed E-state index contributed by atoms with van der Waals surface area (Å²) in [5, 5.41) is 4.53. The van der Waals surface area contributed by atoms with Crippen LogP contribution in [0.25, 0.3) is 5.69 Å². The van der Waals surface area contributed by atoms with E-state index >= 15 is 0 Å². The smallest absolute Gasteiger partial charge is 0.263 e. The number of pyridine rings is 1. The summed E-state index contributed by atoms with van der Waals surface area (Å²) in [5.41, 5.74) is 13.3. The fourth-order valence-electron chi connectivity index (χ4n) is 3.30. The maximum absolute atomic E-state index is 12.5. The highest BCUT2D eigenvalue weighted by Gasteiger charge is 2.32. The number of hydrogen-bond acceptors (Lipinski definition) is 6. The zero-order valence-corrected chi connectivity index (χ0v) is 14.4. The molecule has 2 aliphatic heterocycles. The molecular formula is C18H21N7O. The van der Waals surface area contributed by atoms with Crippen molar-refractivity contribution in [1.82, 2.24) is 19.7 Å². The fourth-order valence-corrected chi connectivity index (χ4v) is 3.30.